The summed E-state index contributed by atoms with van der Waals surface area (Å²) in [5, 5.41) is 6.48. The summed E-state index contributed by atoms with van der Waals surface area (Å²) in [5.74, 6) is 0.557. The molecular formula is C23H29N3O3S2. The highest BCUT2D eigenvalue weighted by molar-refractivity contribution is 7.99. The molecule has 2 heterocycles. The van der Waals surface area contributed by atoms with Crippen LogP contribution in [0.1, 0.15) is 47.1 Å². The van der Waals surface area contributed by atoms with Crippen LogP contribution in [0.25, 0.3) is 0 Å². The van der Waals surface area contributed by atoms with Crippen molar-refractivity contribution in [3.63, 3.8) is 0 Å². The van der Waals surface area contributed by atoms with Crippen LogP contribution in [-0.4, -0.2) is 40.3 Å². The van der Waals surface area contributed by atoms with E-state index in [0.717, 1.165) is 22.4 Å². The standard InChI is InChI=1S/C23H29N3O3S2/c1-13-7-8-16(9-14(13)2)24-20(27)17-11-30-12-26(17)21(28)19-15(3)10-18(31-19)25-22(29)23(4,5)6/h7-10,17H,11-12H2,1-6H3,(H,24,27)(H,25,29). The number of anilines is 2. The lowest BCUT2D eigenvalue weighted by molar-refractivity contribution is -0.123. The predicted octanol–water partition coefficient (Wildman–Crippen LogP) is 4.81. The summed E-state index contributed by atoms with van der Waals surface area (Å²) < 4.78 is 0. The van der Waals surface area contributed by atoms with E-state index >= 15 is 0 Å². The van der Waals surface area contributed by atoms with Crippen molar-refractivity contribution >= 4 is 51.5 Å². The first-order chi connectivity index (χ1) is 14.5. The summed E-state index contributed by atoms with van der Waals surface area (Å²) >= 11 is 2.82. The van der Waals surface area contributed by atoms with E-state index in [-0.39, 0.29) is 17.7 Å². The van der Waals surface area contributed by atoms with E-state index in [4.69, 9.17) is 0 Å². The number of carbonyl (C=O) groups is 3. The molecule has 2 aromatic rings. The third-order valence-electron chi connectivity index (χ3n) is 5.25. The first-order valence-electron chi connectivity index (χ1n) is 10.2. The SMILES string of the molecule is Cc1ccc(NC(=O)C2CSCN2C(=O)c2sc(NC(=O)C(C)(C)C)cc2C)cc1C. The Morgan fingerprint density at radius 1 is 1.00 bits per heavy atom. The Bertz CT molecular complexity index is 1020. The maximum Gasteiger partial charge on any atom is 0.265 e. The van der Waals surface area contributed by atoms with Crippen LogP contribution < -0.4 is 10.6 Å². The average Bonchev–Trinajstić information content (AvgIpc) is 3.30. The zero-order chi connectivity index (χ0) is 22.9. The summed E-state index contributed by atoms with van der Waals surface area (Å²) in [4.78, 5) is 40.6. The lowest BCUT2D eigenvalue weighted by Gasteiger charge is -2.23. The van der Waals surface area contributed by atoms with Crippen molar-refractivity contribution in [2.45, 2.75) is 47.6 Å². The second-order valence-electron chi connectivity index (χ2n) is 8.91. The summed E-state index contributed by atoms with van der Waals surface area (Å²) in [6.45, 7) is 11.4. The molecule has 1 aromatic heterocycles. The van der Waals surface area contributed by atoms with Crippen molar-refractivity contribution in [1.29, 1.82) is 0 Å². The average molecular weight is 460 g/mol. The number of rotatable bonds is 4. The monoisotopic (exact) mass is 459 g/mol. The molecule has 1 aliphatic heterocycles. The molecule has 3 rings (SSSR count). The lowest BCUT2D eigenvalue weighted by atomic mass is 9.96. The largest absolute Gasteiger partial charge is 0.324 e. The molecule has 1 aromatic carbocycles. The molecule has 1 atom stereocenters. The van der Waals surface area contributed by atoms with Crippen LogP contribution >= 0.6 is 23.1 Å². The fraction of sp³-hybridized carbons (Fsp3) is 0.435. The molecule has 0 spiro atoms. The first kappa shape index (κ1) is 23.3. The molecule has 6 nitrogen and oxygen atoms in total. The number of thioether (sulfide) groups is 1. The molecule has 0 aliphatic carbocycles. The molecule has 1 saturated heterocycles. The minimum Gasteiger partial charge on any atom is -0.324 e. The molecule has 2 N–H and O–H groups in total. The Morgan fingerprint density at radius 3 is 2.35 bits per heavy atom. The molecule has 31 heavy (non-hydrogen) atoms. The number of nitrogens with one attached hydrogen (secondary N) is 2. The van der Waals surface area contributed by atoms with Crippen molar-refractivity contribution in [3.05, 3.63) is 45.8 Å². The van der Waals surface area contributed by atoms with Gasteiger partial charge in [0.1, 0.15) is 6.04 Å². The number of nitrogens with zero attached hydrogens (tertiary/aromatic N) is 1. The topological polar surface area (TPSA) is 78.5 Å². The van der Waals surface area contributed by atoms with Crippen LogP contribution in [-0.2, 0) is 9.59 Å². The number of carbonyl (C=O) groups excluding carboxylic acids is 3. The van der Waals surface area contributed by atoms with Crippen LogP contribution in [0, 0.1) is 26.2 Å². The number of hydrogen-bond donors (Lipinski definition) is 2. The molecule has 1 aliphatic rings. The lowest BCUT2D eigenvalue weighted by Crippen LogP contribution is -2.44. The zero-order valence-electron chi connectivity index (χ0n) is 18.8. The van der Waals surface area contributed by atoms with Crippen LogP contribution in [0.5, 0.6) is 0 Å². The van der Waals surface area contributed by atoms with Crippen LogP contribution in [0.2, 0.25) is 0 Å². The van der Waals surface area contributed by atoms with Crippen molar-refractivity contribution in [2.24, 2.45) is 5.41 Å². The van der Waals surface area contributed by atoms with E-state index in [2.05, 4.69) is 10.6 Å². The molecule has 8 heteroatoms. The van der Waals surface area contributed by atoms with Gasteiger partial charge in [-0.25, -0.2) is 0 Å². The van der Waals surface area contributed by atoms with Crippen molar-refractivity contribution < 1.29 is 14.4 Å². The Morgan fingerprint density at radius 2 is 1.71 bits per heavy atom. The van der Waals surface area contributed by atoms with Gasteiger partial charge >= 0.3 is 0 Å². The minimum absolute atomic E-state index is 0.102. The van der Waals surface area contributed by atoms with Gasteiger partial charge < -0.3 is 15.5 Å². The minimum atomic E-state index is -0.534. The second-order valence-corrected chi connectivity index (χ2v) is 11.0. The smallest absolute Gasteiger partial charge is 0.265 e. The molecule has 1 fully saturated rings. The van der Waals surface area contributed by atoms with Crippen LogP contribution in [0.15, 0.2) is 24.3 Å². The molecule has 166 valence electrons. The van der Waals surface area contributed by atoms with E-state index in [1.807, 2.05) is 65.8 Å². The summed E-state index contributed by atoms with van der Waals surface area (Å²) in [7, 11) is 0. The molecule has 0 bridgehead atoms. The molecule has 0 radical (unpaired) electrons. The zero-order valence-corrected chi connectivity index (χ0v) is 20.4. The maximum absolute atomic E-state index is 13.3. The van der Waals surface area contributed by atoms with Gasteiger partial charge in [-0.1, -0.05) is 26.8 Å². The van der Waals surface area contributed by atoms with Crippen molar-refractivity contribution in [2.75, 3.05) is 22.3 Å². The Balaban J connectivity index is 1.74. The number of benzene rings is 1. The Labute approximate surface area is 191 Å². The van der Waals surface area contributed by atoms with E-state index < -0.39 is 11.5 Å². The van der Waals surface area contributed by atoms with Gasteiger partial charge in [0.05, 0.1) is 15.8 Å². The molecule has 3 amide bonds. The van der Waals surface area contributed by atoms with Gasteiger partial charge in [-0.15, -0.1) is 23.1 Å². The second kappa shape index (κ2) is 9.04. The van der Waals surface area contributed by atoms with Gasteiger partial charge in [0.2, 0.25) is 11.8 Å². The summed E-state index contributed by atoms with van der Waals surface area (Å²) in [5.41, 5.74) is 3.27. The third kappa shape index (κ3) is 5.30. The van der Waals surface area contributed by atoms with E-state index in [9.17, 15) is 14.4 Å². The maximum atomic E-state index is 13.3. The number of aryl methyl sites for hydroxylation is 3. The van der Waals surface area contributed by atoms with E-state index in [1.165, 1.54) is 11.3 Å². The van der Waals surface area contributed by atoms with Gasteiger partial charge in [-0.3, -0.25) is 14.4 Å². The fourth-order valence-electron chi connectivity index (χ4n) is 3.09. The summed E-state index contributed by atoms with van der Waals surface area (Å²) in [6, 6.07) is 7.07. The fourth-order valence-corrected chi connectivity index (χ4v) is 5.27. The highest BCUT2D eigenvalue weighted by Gasteiger charge is 2.36. The van der Waals surface area contributed by atoms with Gasteiger partial charge in [0, 0.05) is 16.9 Å². The normalized spacial score (nSPS) is 16.3. The van der Waals surface area contributed by atoms with Crippen LogP contribution in [0.4, 0.5) is 10.7 Å². The quantitative estimate of drug-likeness (QED) is 0.688. The molecule has 0 saturated carbocycles. The Hall–Kier alpha value is -2.32. The van der Waals surface area contributed by atoms with E-state index in [1.54, 1.807) is 16.7 Å². The Kier molecular flexibility index (Phi) is 6.81. The van der Waals surface area contributed by atoms with Crippen LogP contribution in [0.3, 0.4) is 0 Å². The third-order valence-corrected chi connectivity index (χ3v) is 7.40. The van der Waals surface area contributed by atoms with Crippen molar-refractivity contribution in [1.82, 2.24) is 4.90 Å². The number of thiophene rings is 1. The highest BCUT2D eigenvalue weighted by Crippen LogP contribution is 2.32. The van der Waals surface area contributed by atoms with Gasteiger partial charge in [0.25, 0.3) is 5.91 Å². The predicted molar refractivity (Wildman–Crippen MR) is 129 cm³/mol. The van der Waals surface area contributed by atoms with Gasteiger partial charge in [0.15, 0.2) is 0 Å². The van der Waals surface area contributed by atoms with Gasteiger partial charge in [-0.2, -0.15) is 0 Å². The van der Waals surface area contributed by atoms with Gasteiger partial charge in [-0.05, 0) is 55.7 Å². The first-order valence-corrected chi connectivity index (χ1v) is 12.1. The number of amides is 3. The number of hydrogen-bond acceptors (Lipinski definition) is 5. The molecular weight excluding hydrogens is 430 g/mol. The molecule has 1 unspecified atom stereocenters. The summed E-state index contributed by atoms with van der Waals surface area (Å²) in [6.07, 6.45) is 0. The van der Waals surface area contributed by atoms with Crippen molar-refractivity contribution in [3.8, 4) is 0 Å². The highest BCUT2D eigenvalue weighted by atomic mass is 32.2. The van der Waals surface area contributed by atoms with E-state index in [0.29, 0.717) is 21.5 Å².